The third-order valence-electron chi connectivity index (χ3n) is 3.37. The number of pyridine rings is 1. The summed E-state index contributed by atoms with van der Waals surface area (Å²) in [5, 5.41) is 0. The maximum absolute atomic E-state index is 12.2. The molecule has 0 amide bonds. The monoisotopic (exact) mass is 250 g/mol. The van der Waals surface area contributed by atoms with Crippen molar-refractivity contribution in [3.05, 3.63) is 30.1 Å². The molecule has 0 aliphatic carbocycles. The van der Waals surface area contributed by atoms with Crippen molar-refractivity contribution in [2.75, 3.05) is 13.2 Å². The van der Waals surface area contributed by atoms with E-state index in [4.69, 9.17) is 10.5 Å². The molecule has 0 fully saturated rings. The van der Waals surface area contributed by atoms with Crippen LogP contribution in [0.2, 0.25) is 0 Å². The van der Waals surface area contributed by atoms with Gasteiger partial charge in [-0.1, -0.05) is 19.9 Å². The van der Waals surface area contributed by atoms with Crippen molar-refractivity contribution in [2.24, 2.45) is 17.1 Å². The van der Waals surface area contributed by atoms with Crippen molar-refractivity contribution < 1.29 is 9.53 Å². The average molecular weight is 250 g/mol. The zero-order valence-corrected chi connectivity index (χ0v) is 11.3. The highest BCUT2D eigenvalue weighted by atomic mass is 16.5. The Balaban J connectivity index is 3.01. The minimum atomic E-state index is -0.690. The Morgan fingerprint density at radius 3 is 2.67 bits per heavy atom. The fourth-order valence-electron chi connectivity index (χ4n) is 2.00. The molecular formula is C14H22N2O2. The molecule has 1 aromatic heterocycles. The zero-order chi connectivity index (χ0) is 13.6. The van der Waals surface area contributed by atoms with E-state index in [0.29, 0.717) is 13.0 Å². The maximum Gasteiger partial charge on any atom is 0.314 e. The SMILES string of the molecule is CCOC(=O)C(CN)(Cc1ccccn1)C(C)C. The minimum Gasteiger partial charge on any atom is -0.466 e. The van der Waals surface area contributed by atoms with Gasteiger partial charge in [0.2, 0.25) is 0 Å². The molecule has 0 aliphatic heterocycles. The Hall–Kier alpha value is -1.42. The van der Waals surface area contributed by atoms with Crippen molar-refractivity contribution in [2.45, 2.75) is 27.2 Å². The molecule has 0 spiro atoms. The van der Waals surface area contributed by atoms with Gasteiger partial charge in [0.25, 0.3) is 0 Å². The third-order valence-corrected chi connectivity index (χ3v) is 3.37. The van der Waals surface area contributed by atoms with E-state index in [1.165, 1.54) is 0 Å². The van der Waals surface area contributed by atoms with Crippen LogP contribution in [0.1, 0.15) is 26.5 Å². The maximum atomic E-state index is 12.2. The van der Waals surface area contributed by atoms with Crippen LogP contribution in [0.25, 0.3) is 0 Å². The highest BCUT2D eigenvalue weighted by molar-refractivity contribution is 5.78. The molecule has 4 heteroatoms. The van der Waals surface area contributed by atoms with Crippen LogP contribution in [0.15, 0.2) is 24.4 Å². The summed E-state index contributed by atoms with van der Waals surface area (Å²) in [4.78, 5) is 16.5. The molecule has 18 heavy (non-hydrogen) atoms. The lowest BCUT2D eigenvalue weighted by Gasteiger charge is -2.33. The molecule has 1 atom stereocenters. The number of nitrogens with zero attached hydrogens (tertiary/aromatic N) is 1. The van der Waals surface area contributed by atoms with Crippen LogP contribution < -0.4 is 5.73 Å². The second kappa shape index (κ2) is 6.50. The van der Waals surface area contributed by atoms with Gasteiger partial charge in [-0.05, 0) is 25.0 Å². The number of carbonyl (C=O) groups is 1. The van der Waals surface area contributed by atoms with E-state index in [0.717, 1.165) is 5.69 Å². The minimum absolute atomic E-state index is 0.101. The summed E-state index contributed by atoms with van der Waals surface area (Å²) < 4.78 is 5.19. The van der Waals surface area contributed by atoms with Gasteiger partial charge in [0, 0.05) is 24.9 Å². The van der Waals surface area contributed by atoms with Crippen LogP contribution in [0.3, 0.4) is 0 Å². The highest BCUT2D eigenvalue weighted by Crippen LogP contribution is 2.32. The molecule has 100 valence electrons. The van der Waals surface area contributed by atoms with Crippen molar-refractivity contribution >= 4 is 5.97 Å². The first-order chi connectivity index (χ1) is 8.56. The third kappa shape index (κ3) is 3.07. The molecule has 1 heterocycles. The lowest BCUT2D eigenvalue weighted by atomic mass is 9.73. The van der Waals surface area contributed by atoms with Crippen LogP contribution in [-0.4, -0.2) is 24.1 Å². The quantitative estimate of drug-likeness (QED) is 0.782. The summed E-state index contributed by atoms with van der Waals surface area (Å²) in [6, 6.07) is 5.68. The molecule has 0 aliphatic rings. The van der Waals surface area contributed by atoms with E-state index in [1.54, 1.807) is 13.1 Å². The number of ether oxygens (including phenoxy) is 1. The number of rotatable bonds is 6. The largest absolute Gasteiger partial charge is 0.466 e. The molecule has 0 bridgehead atoms. The molecule has 1 aromatic rings. The predicted molar refractivity (Wildman–Crippen MR) is 70.9 cm³/mol. The highest BCUT2D eigenvalue weighted by Gasteiger charge is 2.42. The first kappa shape index (κ1) is 14.6. The van der Waals surface area contributed by atoms with Crippen molar-refractivity contribution in [3.8, 4) is 0 Å². The van der Waals surface area contributed by atoms with Crippen LogP contribution in [0.4, 0.5) is 0 Å². The lowest BCUT2D eigenvalue weighted by Crippen LogP contribution is -2.46. The number of aromatic nitrogens is 1. The van der Waals surface area contributed by atoms with Gasteiger partial charge in [-0.3, -0.25) is 9.78 Å². The second-order valence-electron chi connectivity index (χ2n) is 4.73. The van der Waals surface area contributed by atoms with Crippen LogP contribution in [0, 0.1) is 11.3 Å². The molecule has 0 saturated carbocycles. The number of carbonyl (C=O) groups excluding carboxylic acids is 1. The summed E-state index contributed by atoms with van der Waals surface area (Å²) in [7, 11) is 0. The topological polar surface area (TPSA) is 65.2 Å². The van der Waals surface area contributed by atoms with E-state index < -0.39 is 5.41 Å². The summed E-state index contributed by atoms with van der Waals surface area (Å²) in [6.07, 6.45) is 2.24. The second-order valence-corrected chi connectivity index (χ2v) is 4.73. The van der Waals surface area contributed by atoms with Gasteiger partial charge in [0.1, 0.15) is 0 Å². The van der Waals surface area contributed by atoms with E-state index in [2.05, 4.69) is 4.98 Å². The molecule has 2 N–H and O–H groups in total. The summed E-state index contributed by atoms with van der Waals surface area (Å²) in [6.45, 7) is 6.43. The summed E-state index contributed by atoms with van der Waals surface area (Å²) in [5.41, 5.74) is 6.03. The van der Waals surface area contributed by atoms with E-state index >= 15 is 0 Å². The molecule has 1 unspecified atom stereocenters. The van der Waals surface area contributed by atoms with Gasteiger partial charge in [0.05, 0.1) is 12.0 Å². The molecule has 0 radical (unpaired) electrons. The van der Waals surface area contributed by atoms with E-state index in [-0.39, 0.29) is 18.4 Å². The number of hydrogen-bond acceptors (Lipinski definition) is 4. The van der Waals surface area contributed by atoms with Gasteiger partial charge >= 0.3 is 5.97 Å². The number of hydrogen-bond donors (Lipinski definition) is 1. The predicted octanol–water partition coefficient (Wildman–Crippen LogP) is 1.79. The van der Waals surface area contributed by atoms with Gasteiger partial charge in [-0.15, -0.1) is 0 Å². The molecule has 1 rings (SSSR count). The fraction of sp³-hybridized carbons (Fsp3) is 0.571. The summed E-state index contributed by atoms with van der Waals surface area (Å²) >= 11 is 0. The molecule has 0 saturated heterocycles. The van der Waals surface area contributed by atoms with Gasteiger partial charge in [-0.2, -0.15) is 0 Å². The van der Waals surface area contributed by atoms with Crippen molar-refractivity contribution in [1.82, 2.24) is 4.98 Å². The van der Waals surface area contributed by atoms with Crippen LogP contribution in [0.5, 0.6) is 0 Å². The van der Waals surface area contributed by atoms with Crippen molar-refractivity contribution in [3.63, 3.8) is 0 Å². The van der Waals surface area contributed by atoms with Gasteiger partial charge in [-0.25, -0.2) is 0 Å². The number of esters is 1. The Kier molecular flexibility index (Phi) is 5.28. The molecular weight excluding hydrogens is 228 g/mol. The first-order valence-corrected chi connectivity index (χ1v) is 6.34. The van der Waals surface area contributed by atoms with Crippen molar-refractivity contribution in [1.29, 1.82) is 0 Å². The molecule has 0 aromatic carbocycles. The smallest absolute Gasteiger partial charge is 0.314 e. The Bertz CT molecular complexity index is 379. The summed E-state index contributed by atoms with van der Waals surface area (Å²) in [5.74, 6) is -0.128. The van der Waals surface area contributed by atoms with Gasteiger partial charge < -0.3 is 10.5 Å². The van der Waals surface area contributed by atoms with E-state index in [1.807, 2.05) is 32.0 Å². The fourth-order valence-corrected chi connectivity index (χ4v) is 2.00. The van der Waals surface area contributed by atoms with Crippen LogP contribution in [-0.2, 0) is 16.0 Å². The Morgan fingerprint density at radius 2 is 2.22 bits per heavy atom. The number of nitrogens with two attached hydrogens (primary N) is 1. The zero-order valence-electron chi connectivity index (χ0n) is 11.3. The van der Waals surface area contributed by atoms with Crippen LogP contribution >= 0.6 is 0 Å². The normalized spacial score (nSPS) is 14.3. The Labute approximate surface area is 109 Å². The standard InChI is InChI=1S/C14H22N2O2/c1-4-18-13(17)14(10-15,11(2)3)9-12-7-5-6-8-16-12/h5-8,11H,4,9-10,15H2,1-3H3. The Morgan fingerprint density at radius 1 is 1.50 bits per heavy atom. The van der Waals surface area contributed by atoms with E-state index in [9.17, 15) is 4.79 Å². The lowest BCUT2D eigenvalue weighted by molar-refractivity contribution is -0.157. The first-order valence-electron chi connectivity index (χ1n) is 6.34. The molecule has 4 nitrogen and oxygen atoms in total. The van der Waals surface area contributed by atoms with Gasteiger partial charge in [0.15, 0.2) is 0 Å². The average Bonchev–Trinajstić information content (AvgIpc) is 2.37.